The molecule has 21 heavy (non-hydrogen) atoms. The lowest BCUT2D eigenvalue weighted by molar-refractivity contribution is -0.131. The maximum absolute atomic E-state index is 11.8. The summed E-state index contributed by atoms with van der Waals surface area (Å²) in [5, 5.41) is 14.1. The lowest BCUT2D eigenvalue weighted by atomic mass is 10.2. The molecule has 0 aliphatic rings. The van der Waals surface area contributed by atoms with Crippen LogP contribution in [0.25, 0.3) is 6.08 Å². The second-order valence-electron chi connectivity index (χ2n) is 4.46. The van der Waals surface area contributed by atoms with E-state index >= 15 is 0 Å². The van der Waals surface area contributed by atoms with Crippen molar-refractivity contribution in [3.63, 3.8) is 0 Å². The van der Waals surface area contributed by atoms with Crippen LogP contribution in [0.3, 0.4) is 0 Å². The van der Waals surface area contributed by atoms with Gasteiger partial charge in [0.05, 0.1) is 12.6 Å². The summed E-state index contributed by atoms with van der Waals surface area (Å²) in [6, 6.07) is 6.54. The van der Waals surface area contributed by atoms with Crippen molar-refractivity contribution in [1.29, 1.82) is 0 Å². The van der Waals surface area contributed by atoms with Crippen LogP contribution < -0.4 is 10.6 Å². The Labute approximate surface area is 123 Å². The monoisotopic (exact) mass is 292 g/mol. The van der Waals surface area contributed by atoms with E-state index in [1.54, 1.807) is 31.4 Å². The first-order chi connectivity index (χ1) is 10.0. The van der Waals surface area contributed by atoms with Gasteiger partial charge in [-0.15, -0.1) is 0 Å². The third-order valence-electron chi connectivity index (χ3n) is 2.76. The fraction of sp³-hybridized carbons (Fsp3) is 0.333. The third-order valence-corrected chi connectivity index (χ3v) is 2.76. The summed E-state index contributed by atoms with van der Waals surface area (Å²) in [7, 11) is 1.58. The molecule has 1 aromatic rings. The van der Waals surface area contributed by atoms with E-state index < -0.39 is 5.97 Å². The minimum absolute atomic E-state index is 0.0508. The number of aliphatic carboxylic acids is 1. The summed E-state index contributed by atoms with van der Waals surface area (Å²) in [6.07, 6.45) is 3.28. The molecule has 0 aliphatic carbocycles. The summed E-state index contributed by atoms with van der Waals surface area (Å²) in [4.78, 5) is 22.3. The Morgan fingerprint density at radius 1 is 1.43 bits per heavy atom. The van der Waals surface area contributed by atoms with E-state index in [9.17, 15) is 9.59 Å². The van der Waals surface area contributed by atoms with Gasteiger partial charge in [0.1, 0.15) is 0 Å². The topological polar surface area (TPSA) is 87.7 Å². The summed E-state index contributed by atoms with van der Waals surface area (Å²) in [5.74, 6) is -1.02. The summed E-state index contributed by atoms with van der Waals surface area (Å²) in [5.41, 5.74) is 1.28. The summed E-state index contributed by atoms with van der Waals surface area (Å²) >= 11 is 0. The van der Waals surface area contributed by atoms with Crippen molar-refractivity contribution in [1.82, 2.24) is 5.32 Å². The standard InChI is InChI=1S/C15H20N2O4/c1-3-12(10-21-2)16-15(20)17-13-6-4-5-11(9-13)7-8-14(18)19/h4-9,12H,3,10H2,1-2H3,(H,18,19)(H2,16,17,20)/b8-7+. The van der Waals surface area contributed by atoms with Crippen LogP contribution in [0.2, 0.25) is 0 Å². The van der Waals surface area contributed by atoms with Crippen molar-refractivity contribution in [2.45, 2.75) is 19.4 Å². The highest BCUT2D eigenvalue weighted by Gasteiger charge is 2.09. The largest absolute Gasteiger partial charge is 0.478 e. The summed E-state index contributed by atoms with van der Waals surface area (Å²) in [6.45, 7) is 2.41. The Kier molecular flexibility index (Phi) is 6.97. The molecule has 0 spiro atoms. The molecule has 0 heterocycles. The average Bonchev–Trinajstić information content (AvgIpc) is 2.45. The Balaban J connectivity index is 2.63. The number of carboxylic acids is 1. The number of ether oxygens (including phenoxy) is 1. The van der Waals surface area contributed by atoms with Gasteiger partial charge in [-0.05, 0) is 30.2 Å². The van der Waals surface area contributed by atoms with E-state index in [-0.39, 0.29) is 12.1 Å². The van der Waals surface area contributed by atoms with E-state index in [0.29, 0.717) is 17.9 Å². The molecule has 0 aromatic heterocycles. The molecule has 114 valence electrons. The van der Waals surface area contributed by atoms with Crippen LogP contribution in [-0.4, -0.2) is 36.9 Å². The molecule has 6 nitrogen and oxygen atoms in total. The van der Waals surface area contributed by atoms with Crippen molar-refractivity contribution in [3.05, 3.63) is 35.9 Å². The first kappa shape index (κ1) is 16.7. The van der Waals surface area contributed by atoms with Crippen LogP contribution in [0.15, 0.2) is 30.3 Å². The number of anilines is 1. The van der Waals surface area contributed by atoms with E-state index in [2.05, 4.69) is 10.6 Å². The van der Waals surface area contributed by atoms with Gasteiger partial charge in [0.2, 0.25) is 0 Å². The quantitative estimate of drug-likeness (QED) is 0.673. The Morgan fingerprint density at radius 3 is 2.81 bits per heavy atom. The molecule has 6 heteroatoms. The number of nitrogens with one attached hydrogen (secondary N) is 2. The van der Waals surface area contributed by atoms with Crippen molar-refractivity contribution < 1.29 is 19.4 Å². The predicted molar refractivity (Wildman–Crippen MR) is 81.2 cm³/mol. The first-order valence-electron chi connectivity index (χ1n) is 6.62. The van der Waals surface area contributed by atoms with Crippen LogP contribution in [0.1, 0.15) is 18.9 Å². The fourth-order valence-corrected chi connectivity index (χ4v) is 1.70. The maximum atomic E-state index is 11.8. The van der Waals surface area contributed by atoms with Gasteiger partial charge in [0, 0.05) is 18.9 Å². The van der Waals surface area contributed by atoms with Crippen molar-refractivity contribution in [2.75, 3.05) is 19.0 Å². The Morgan fingerprint density at radius 2 is 2.19 bits per heavy atom. The van der Waals surface area contributed by atoms with Gasteiger partial charge in [-0.2, -0.15) is 0 Å². The minimum Gasteiger partial charge on any atom is -0.478 e. The normalized spacial score (nSPS) is 12.1. The van der Waals surface area contributed by atoms with Crippen LogP contribution >= 0.6 is 0 Å². The number of hydrogen-bond donors (Lipinski definition) is 3. The Bertz CT molecular complexity index is 514. The number of carbonyl (C=O) groups excluding carboxylic acids is 1. The van der Waals surface area contributed by atoms with Gasteiger partial charge in [0.25, 0.3) is 0 Å². The zero-order chi connectivity index (χ0) is 15.7. The van der Waals surface area contributed by atoms with Crippen LogP contribution in [0.4, 0.5) is 10.5 Å². The van der Waals surface area contributed by atoms with Gasteiger partial charge < -0.3 is 20.5 Å². The molecule has 1 aromatic carbocycles. The van der Waals surface area contributed by atoms with Gasteiger partial charge in [-0.3, -0.25) is 0 Å². The maximum Gasteiger partial charge on any atom is 0.328 e. The van der Waals surface area contributed by atoms with E-state index in [1.807, 2.05) is 6.92 Å². The number of hydrogen-bond acceptors (Lipinski definition) is 3. The van der Waals surface area contributed by atoms with Gasteiger partial charge in [0.15, 0.2) is 0 Å². The van der Waals surface area contributed by atoms with E-state index in [4.69, 9.17) is 9.84 Å². The van der Waals surface area contributed by atoms with Crippen molar-refractivity contribution >= 4 is 23.8 Å². The van der Waals surface area contributed by atoms with Crippen LogP contribution in [0, 0.1) is 0 Å². The molecule has 1 atom stereocenters. The highest BCUT2D eigenvalue weighted by molar-refractivity contribution is 5.90. The van der Waals surface area contributed by atoms with Crippen LogP contribution in [-0.2, 0) is 9.53 Å². The molecule has 0 saturated heterocycles. The number of benzene rings is 1. The molecule has 0 saturated carbocycles. The molecule has 2 amide bonds. The highest BCUT2D eigenvalue weighted by atomic mass is 16.5. The van der Waals surface area contributed by atoms with Gasteiger partial charge >= 0.3 is 12.0 Å². The number of carbonyl (C=O) groups is 2. The lowest BCUT2D eigenvalue weighted by Gasteiger charge is -2.16. The molecule has 1 unspecified atom stereocenters. The zero-order valence-corrected chi connectivity index (χ0v) is 12.1. The molecule has 0 radical (unpaired) electrons. The average molecular weight is 292 g/mol. The van der Waals surface area contributed by atoms with Crippen molar-refractivity contribution in [3.8, 4) is 0 Å². The lowest BCUT2D eigenvalue weighted by Crippen LogP contribution is -2.40. The molecule has 1 rings (SSSR count). The molecule has 3 N–H and O–H groups in total. The zero-order valence-electron chi connectivity index (χ0n) is 12.1. The SMILES string of the molecule is CCC(COC)NC(=O)Nc1cccc(/C=C/C(=O)O)c1. The predicted octanol–water partition coefficient (Wildman–Crippen LogP) is 2.33. The van der Waals surface area contributed by atoms with Crippen molar-refractivity contribution in [2.24, 2.45) is 0 Å². The number of rotatable bonds is 7. The Hall–Kier alpha value is -2.34. The highest BCUT2D eigenvalue weighted by Crippen LogP contribution is 2.12. The number of amides is 2. The fourth-order valence-electron chi connectivity index (χ4n) is 1.70. The van der Waals surface area contributed by atoms with Crippen LogP contribution in [0.5, 0.6) is 0 Å². The molecule has 0 aliphatic heterocycles. The summed E-state index contributed by atoms with van der Waals surface area (Å²) < 4.78 is 5.01. The number of methoxy groups -OCH3 is 1. The first-order valence-corrected chi connectivity index (χ1v) is 6.62. The van der Waals surface area contributed by atoms with Gasteiger partial charge in [-0.1, -0.05) is 19.1 Å². The number of urea groups is 1. The smallest absolute Gasteiger partial charge is 0.328 e. The van der Waals surface area contributed by atoms with E-state index in [0.717, 1.165) is 12.5 Å². The molecule has 0 fully saturated rings. The van der Waals surface area contributed by atoms with E-state index in [1.165, 1.54) is 6.08 Å². The molecular formula is C15H20N2O4. The second kappa shape index (κ2) is 8.76. The van der Waals surface area contributed by atoms with Gasteiger partial charge in [-0.25, -0.2) is 9.59 Å². The third kappa shape index (κ3) is 6.58. The minimum atomic E-state index is -1.02. The molecular weight excluding hydrogens is 272 g/mol. The second-order valence-corrected chi connectivity index (χ2v) is 4.46. The molecule has 0 bridgehead atoms. The number of carboxylic acid groups (broad SMARTS) is 1.